The number of hydrogen-bond acceptors (Lipinski definition) is 4. The second-order valence-electron chi connectivity index (χ2n) is 5.93. The van der Waals surface area contributed by atoms with E-state index in [2.05, 4.69) is 5.32 Å². The molecule has 6 nitrogen and oxygen atoms in total. The highest BCUT2D eigenvalue weighted by molar-refractivity contribution is 5.95. The average molecular weight is 356 g/mol. The molecule has 0 aromatic heterocycles. The predicted molar refractivity (Wildman–Crippen MR) is 101 cm³/mol. The topological polar surface area (TPSA) is 67.9 Å². The zero-order valence-electron chi connectivity index (χ0n) is 15.3. The van der Waals surface area contributed by atoms with Crippen LogP contribution in [-0.4, -0.2) is 44.0 Å². The van der Waals surface area contributed by atoms with Gasteiger partial charge in [0.1, 0.15) is 11.5 Å². The van der Waals surface area contributed by atoms with Crippen LogP contribution in [0.2, 0.25) is 0 Å². The number of rotatable bonds is 8. The lowest BCUT2D eigenvalue weighted by Crippen LogP contribution is -2.22. The van der Waals surface area contributed by atoms with Crippen molar-refractivity contribution in [3.8, 4) is 11.5 Å². The first-order valence-corrected chi connectivity index (χ1v) is 8.47. The Morgan fingerprint density at radius 2 is 1.50 bits per heavy atom. The van der Waals surface area contributed by atoms with Crippen molar-refractivity contribution < 1.29 is 19.1 Å². The Balaban J connectivity index is 1.82. The van der Waals surface area contributed by atoms with E-state index in [1.807, 2.05) is 19.1 Å². The first-order valence-electron chi connectivity index (χ1n) is 8.47. The molecular formula is C20H24N2O4. The van der Waals surface area contributed by atoms with E-state index in [1.165, 1.54) is 4.90 Å². The van der Waals surface area contributed by atoms with Crippen LogP contribution in [0.25, 0.3) is 0 Å². The Labute approximate surface area is 153 Å². The molecule has 2 aromatic carbocycles. The molecule has 2 rings (SSSR count). The molecule has 2 amide bonds. The minimum Gasteiger partial charge on any atom is -0.494 e. The predicted octanol–water partition coefficient (Wildman–Crippen LogP) is 3.19. The summed E-state index contributed by atoms with van der Waals surface area (Å²) in [6, 6.07) is 13.9. The van der Waals surface area contributed by atoms with Gasteiger partial charge in [-0.1, -0.05) is 6.92 Å². The summed E-state index contributed by atoms with van der Waals surface area (Å²) in [5.41, 5.74) is 1.17. The Hall–Kier alpha value is -3.02. The Morgan fingerprint density at radius 3 is 2.04 bits per heavy atom. The molecule has 1 N–H and O–H groups in total. The lowest BCUT2D eigenvalue weighted by atomic mass is 10.2. The molecule has 0 aliphatic carbocycles. The molecule has 0 atom stereocenters. The second-order valence-corrected chi connectivity index (χ2v) is 5.93. The third kappa shape index (κ3) is 5.81. The number of anilines is 1. The summed E-state index contributed by atoms with van der Waals surface area (Å²) in [5.74, 6) is 1.01. The molecule has 0 spiro atoms. The molecule has 138 valence electrons. The fraction of sp³-hybridized carbons (Fsp3) is 0.300. The smallest absolute Gasteiger partial charge is 0.262 e. The molecular weight excluding hydrogens is 332 g/mol. The number of amides is 2. The number of nitrogens with zero attached hydrogens (tertiary/aromatic N) is 1. The molecule has 2 aromatic rings. The number of nitrogens with one attached hydrogen (secondary N) is 1. The maximum Gasteiger partial charge on any atom is 0.262 e. The van der Waals surface area contributed by atoms with Gasteiger partial charge in [-0.05, 0) is 55.0 Å². The fourth-order valence-electron chi connectivity index (χ4n) is 2.15. The maximum atomic E-state index is 12.0. The summed E-state index contributed by atoms with van der Waals surface area (Å²) in [6.45, 7) is 2.61. The first-order chi connectivity index (χ1) is 12.5. The molecule has 0 aliphatic heterocycles. The molecule has 0 aliphatic rings. The van der Waals surface area contributed by atoms with Crippen molar-refractivity contribution in [1.82, 2.24) is 4.90 Å². The highest BCUT2D eigenvalue weighted by atomic mass is 16.5. The second kappa shape index (κ2) is 9.46. The van der Waals surface area contributed by atoms with Crippen molar-refractivity contribution in [3.05, 3.63) is 54.1 Å². The normalized spacial score (nSPS) is 10.1. The maximum absolute atomic E-state index is 12.0. The molecule has 0 saturated carbocycles. The van der Waals surface area contributed by atoms with E-state index in [1.54, 1.807) is 50.5 Å². The van der Waals surface area contributed by atoms with Gasteiger partial charge in [0.2, 0.25) is 0 Å². The highest BCUT2D eigenvalue weighted by Crippen LogP contribution is 2.18. The third-order valence-corrected chi connectivity index (χ3v) is 3.49. The Kier molecular flexibility index (Phi) is 7.02. The number of ether oxygens (including phenoxy) is 2. The van der Waals surface area contributed by atoms with Crippen LogP contribution in [0.3, 0.4) is 0 Å². The molecule has 0 saturated heterocycles. The minimum atomic E-state index is -0.275. The van der Waals surface area contributed by atoms with Gasteiger partial charge in [-0.3, -0.25) is 9.59 Å². The Bertz CT molecular complexity index is 724. The Morgan fingerprint density at radius 1 is 0.923 bits per heavy atom. The van der Waals surface area contributed by atoms with Crippen LogP contribution in [0.4, 0.5) is 5.69 Å². The standard InChI is InChI=1S/C20H24N2O4/c1-4-13-25-17-9-11-18(12-10-17)26-14-19(23)21-16-7-5-15(6-8-16)20(24)22(2)3/h5-12H,4,13-14H2,1-3H3,(H,21,23). The molecule has 0 heterocycles. The molecule has 0 bridgehead atoms. The van der Waals surface area contributed by atoms with E-state index in [0.29, 0.717) is 23.6 Å². The number of benzene rings is 2. The van der Waals surface area contributed by atoms with Crippen molar-refractivity contribution in [3.63, 3.8) is 0 Å². The van der Waals surface area contributed by atoms with Crippen LogP contribution in [0.5, 0.6) is 11.5 Å². The van der Waals surface area contributed by atoms with Gasteiger partial charge in [0.25, 0.3) is 11.8 Å². The summed E-state index contributed by atoms with van der Waals surface area (Å²) < 4.78 is 11.0. The van der Waals surface area contributed by atoms with Crippen LogP contribution in [-0.2, 0) is 4.79 Å². The van der Waals surface area contributed by atoms with Crippen LogP contribution in [0.15, 0.2) is 48.5 Å². The zero-order valence-corrected chi connectivity index (χ0v) is 15.3. The van der Waals surface area contributed by atoms with E-state index in [-0.39, 0.29) is 18.4 Å². The monoisotopic (exact) mass is 356 g/mol. The highest BCUT2D eigenvalue weighted by Gasteiger charge is 2.08. The van der Waals surface area contributed by atoms with Crippen LogP contribution in [0.1, 0.15) is 23.7 Å². The van der Waals surface area contributed by atoms with E-state index >= 15 is 0 Å². The fourth-order valence-corrected chi connectivity index (χ4v) is 2.15. The van der Waals surface area contributed by atoms with E-state index < -0.39 is 0 Å². The molecule has 0 fully saturated rings. The molecule has 0 unspecified atom stereocenters. The van der Waals surface area contributed by atoms with Crippen molar-refractivity contribution in [2.45, 2.75) is 13.3 Å². The van der Waals surface area contributed by atoms with Gasteiger partial charge < -0.3 is 19.7 Å². The number of carbonyl (C=O) groups excluding carboxylic acids is 2. The number of carbonyl (C=O) groups is 2. The van der Waals surface area contributed by atoms with Gasteiger partial charge in [0, 0.05) is 25.3 Å². The van der Waals surface area contributed by atoms with Crippen molar-refractivity contribution in [2.24, 2.45) is 0 Å². The quantitative estimate of drug-likeness (QED) is 0.789. The largest absolute Gasteiger partial charge is 0.494 e. The van der Waals surface area contributed by atoms with Crippen LogP contribution < -0.4 is 14.8 Å². The first kappa shape index (κ1) is 19.3. The minimum absolute atomic E-state index is 0.0856. The van der Waals surface area contributed by atoms with E-state index in [4.69, 9.17) is 9.47 Å². The lowest BCUT2D eigenvalue weighted by molar-refractivity contribution is -0.118. The summed E-state index contributed by atoms with van der Waals surface area (Å²) >= 11 is 0. The van der Waals surface area contributed by atoms with Gasteiger partial charge >= 0.3 is 0 Å². The molecule has 6 heteroatoms. The number of hydrogen-bond donors (Lipinski definition) is 1. The summed E-state index contributed by atoms with van der Waals surface area (Å²) in [5, 5.41) is 2.73. The van der Waals surface area contributed by atoms with E-state index in [9.17, 15) is 9.59 Å². The SMILES string of the molecule is CCCOc1ccc(OCC(=O)Nc2ccc(C(=O)N(C)C)cc2)cc1. The van der Waals surface area contributed by atoms with Crippen molar-refractivity contribution in [1.29, 1.82) is 0 Å². The molecule has 26 heavy (non-hydrogen) atoms. The summed E-state index contributed by atoms with van der Waals surface area (Å²) in [6.07, 6.45) is 0.947. The zero-order chi connectivity index (χ0) is 18.9. The summed E-state index contributed by atoms with van der Waals surface area (Å²) in [7, 11) is 3.38. The van der Waals surface area contributed by atoms with Gasteiger partial charge in [-0.25, -0.2) is 0 Å². The third-order valence-electron chi connectivity index (χ3n) is 3.49. The van der Waals surface area contributed by atoms with Gasteiger partial charge in [0.15, 0.2) is 6.61 Å². The molecule has 0 radical (unpaired) electrons. The van der Waals surface area contributed by atoms with Crippen molar-refractivity contribution >= 4 is 17.5 Å². The summed E-state index contributed by atoms with van der Waals surface area (Å²) in [4.78, 5) is 25.3. The van der Waals surface area contributed by atoms with Crippen LogP contribution >= 0.6 is 0 Å². The lowest BCUT2D eigenvalue weighted by Gasteiger charge is -2.11. The van der Waals surface area contributed by atoms with Gasteiger partial charge in [-0.15, -0.1) is 0 Å². The van der Waals surface area contributed by atoms with Gasteiger partial charge in [-0.2, -0.15) is 0 Å². The average Bonchev–Trinajstić information content (AvgIpc) is 2.65. The van der Waals surface area contributed by atoms with Crippen LogP contribution in [0, 0.1) is 0 Å². The van der Waals surface area contributed by atoms with Gasteiger partial charge in [0.05, 0.1) is 6.61 Å². The van der Waals surface area contributed by atoms with E-state index in [0.717, 1.165) is 12.2 Å². The van der Waals surface area contributed by atoms with Crippen molar-refractivity contribution in [2.75, 3.05) is 32.6 Å².